The minimum atomic E-state index is -0.472. The first-order valence-electron chi connectivity index (χ1n) is 12.2. The van der Waals surface area contributed by atoms with Crippen LogP contribution in [0.4, 0.5) is 4.79 Å². The second-order valence-corrected chi connectivity index (χ2v) is 10.0. The van der Waals surface area contributed by atoms with E-state index in [0.29, 0.717) is 31.7 Å². The van der Waals surface area contributed by atoms with Gasteiger partial charge in [-0.05, 0) is 58.6 Å². The molecule has 1 unspecified atom stereocenters. The summed E-state index contributed by atoms with van der Waals surface area (Å²) in [4.78, 5) is 23.3. The first kappa shape index (κ1) is 23.7. The quantitative estimate of drug-likeness (QED) is 0.645. The maximum Gasteiger partial charge on any atom is 0.410 e. The van der Waals surface area contributed by atoms with E-state index < -0.39 is 5.60 Å². The lowest BCUT2D eigenvalue weighted by Crippen LogP contribution is -2.48. The highest BCUT2D eigenvalue weighted by Crippen LogP contribution is 2.32. The second kappa shape index (κ2) is 10.7. The Labute approximate surface area is 196 Å². The van der Waals surface area contributed by atoms with Gasteiger partial charge in [0.2, 0.25) is 0 Å². The molecule has 2 N–H and O–H groups in total. The normalized spacial score (nSPS) is 20.1. The van der Waals surface area contributed by atoms with Crippen LogP contribution in [0.15, 0.2) is 24.5 Å². The van der Waals surface area contributed by atoms with E-state index in [4.69, 9.17) is 9.47 Å². The Morgan fingerprint density at radius 2 is 2.00 bits per heavy atom. The van der Waals surface area contributed by atoms with Gasteiger partial charge in [0.15, 0.2) is 0 Å². The molecule has 8 heteroatoms. The molecule has 4 rings (SSSR count). The number of hydrogen-bond acceptors (Lipinski definition) is 7. The number of aromatic nitrogens is 2. The van der Waals surface area contributed by atoms with Crippen LogP contribution in [0.2, 0.25) is 0 Å². The third-order valence-electron chi connectivity index (χ3n) is 6.26. The molecular formula is C25H37N5O3. The van der Waals surface area contributed by atoms with E-state index in [-0.39, 0.29) is 6.09 Å². The molecule has 8 nitrogen and oxygen atoms in total. The lowest BCUT2D eigenvalue weighted by atomic mass is 9.91. The summed E-state index contributed by atoms with van der Waals surface area (Å²) in [7, 11) is 0. The van der Waals surface area contributed by atoms with E-state index in [1.54, 1.807) is 11.2 Å². The Balaban J connectivity index is 1.32. The van der Waals surface area contributed by atoms with Crippen LogP contribution in [0.1, 0.15) is 58.1 Å². The Morgan fingerprint density at radius 3 is 2.73 bits per heavy atom. The van der Waals surface area contributed by atoms with Gasteiger partial charge < -0.3 is 25.0 Å². The molecule has 0 radical (unpaired) electrons. The lowest BCUT2D eigenvalue weighted by Gasteiger charge is -2.33. The van der Waals surface area contributed by atoms with Gasteiger partial charge in [-0.1, -0.05) is 0 Å². The van der Waals surface area contributed by atoms with Gasteiger partial charge in [0.1, 0.15) is 17.7 Å². The number of amides is 1. The summed E-state index contributed by atoms with van der Waals surface area (Å²) >= 11 is 0. The highest BCUT2D eigenvalue weighted by Gasteiger charge is 2.28. The molecule has 1 aromatic carbocycles. The van der Waals surface area contributed by atoms with Crippen molar-refractivity contribution >= 4 is 17.0 Å². The SMILES string of the molecule is CC(C)(C)OC(=O)N1CCC(c2ncnc3cc(OCCCC4CNCCN4)ccc23)CC1. The monoisotopic (exact) mass is 455 g/mol. The number of carbonyl (C=O) groups excluding carboxylic acids is 1. The number of fused-ring (bicyclic) bond motifs is 1. The highest BCUT2D eigenvalue weighted by molar-refractivity contribution is 5.82. The molecule has 0 saturated carbocycles. The summed E-state index contributed by atoms with van der Waals surface area (Å²) in [5, 5.41) is 8.02. The van der Waals surface area contributed by atoms with Crippen molar-refractivity contribution < 1.29 is 14.3 Å². The van der Waals surface area contributed by atoms with Crippen LogP contribution in [0.5, 0.6) is 5.75 Å². The summed E-state index contributed by atoms with van der Waals surface area (Å²) in [6.07, 6.45) is 5.27. The summed E-state index contributed by atoms with van der Waals surface area (Å²) in [6.45, 7) is 10.9. The van der Waals surface area contributed by atoms with E-state index in [2.05, 4.69) is 26.7 Å². The molecule has 33 heavy (non-hydrogen) atoms. The van der Waals surface area contributed by atoms with Gasteiger partial charge in [-0.25, -0.2) is 14.8 Å². The zero-order chi connectivity index (χ0) is 23.3. The fourth-order valence-electron chi connectivity index (χ4n) is 4.57. The molecular weight excluding hydrogens is 418 g/mol. The van der Waals surface area contributed by atoms with Crippen molar-refractivity contribution in [1.82, 2.24) is 25.5 Å². The molecule has 2 aliphatic heterocycles. The number of hydrogen-bond donors (Lipinski definition) is 2. The van der Waals surface area contributed by atoms with Crippen LogP contribution in [0.25, 0.3) is 10.9 Å². The van der Waals surface area contributed by atoms with Crippen LogP contribution in [0.3, 0.4) is 0 Å². The fraction of sp³-hybridized carbons (Fsp3) is 0.640. The van der Waals surface area contributed by atoms with Gasteiger partial charge in [-0.3, -0.25) is 0 Å². The van der Waals surface area contributed by atoms with E-state index in [9.17, 15) is 4.79 Å². The standard InChI is InChI=1S/C25H37N5O3/c1-25(2,3)33-24(31)30-12-8-18(9-13-30)23-21-7-6-20(15-22(21)28-17-29-23)32-14-4-5-19-16-26-10-11-27-19/h6-7,15,17-19,26-27H,4-5,8-14,16H2,1-3H3. The van der Waals surface area contributed by atoms with Crippen LogP contribution < -0.4 is 15.4 Å². The van der Waals surface area contributed by atoms with Crippen molar-refractivity contribution in [2.24, 2.45) is 0 Å². The molecule has 2 aliphatic rings. The summed E-state index contributed by atoms with van der Waals surface area (Å²) in [6, 6.07) is 6.64. The molecule has 1 aromatic heterocycles. The molecule has 0 bridgehead atoms. The van der Waals surface area contributed by atoms with E-state index in [0.717, 1.165) is 67.7 Å². The number of rotatable bonds is 6. The number of piperazine rings is 1. The third-order valence-corrected chi connectivity index (χ3v) is 6.26. The van der Waals surface area contributed by atoms with Crippen molar-refractivity contribution in [2.45, 2.75) is 64.0 Å². The van der Waals surface area contributed by atoms with Crippen molar-refractivity contribution in [3.05, 3.63) is 30.2 Å². The average molecular weight is 456 g/mol. The van der Waals surface area contributed by atoms with Crippen LogP contribution >= 0.6 is 0 Å². The molecule has 2 fully saturated rings. The van der Waals surface area contributed by atoms with E-state index >= 15 is 0 Å². The first-order valence-corrected chi connectivity index (χ1v) is 12.2. The molecule has 1 atom stereocenters. The van der Waals surface area contributed by atoms with Crippen LogP contribution in [-0.2, 0) is 4.74 Å². The maximum atomic E-state index is 12.4. The minimum Gasteiger partial charge on any atom is -0.494 e. The van der Waals surface area contributed by atoms with E-state index in [1.165, 1.54) is 0 Å². The highest BCUT2D eigenvalue weighted by atomic mass is 16.6. The summed E-state index contributed by atoms with van der Waals surface area (Å²) in [5.41, 5.74) is 1.50. The zero-order valence-corrected chi connectivity index (χ0v) is 20.1. The molecule has 180 valence electrons. The van der Waals surface area contributed by atoms with Gasteiger partial charge in [-0.2, -0.15) is 0 Å². The van der Waals surface area contributed by atoms with E-state index in [1.807, 2.05) is 32.9 Å². The number of piperidine rings is 1. The second-order valence-electron chi connectivity index (χ2n) is 10.0. The molecule has 1 amide bonds. The molecule has 0 aliphatic carbocycles. The molecule has 0 spiro atoms. The predicted molar refractivity (Wildman–Crippen MR) is 129 cm³/mol. The Bertz CT molecular complexity index is 931. The van der Waals surface area contributed by atoms with Crippen molar-refractivity contribution in [2.75, 3.05) is 39.3 Å². The summed E-state index contributed by atoms with van der Waals surface area (Å²) < 4.78 is 11.5. The van der Waals surface area contributed by atoms with Gasteiger partial charge in [0.25, 0.3) is 0 Å². The Kier molecular flexibility index (Phi) is 7.65. The van der Waals surface area contributed by atoms with Crippen molar-refractivity contribution in [3.8, 4) is 5.75 Å². The molecule has 3 heterocycles. The predicted octanol–water partition coefficient (Wildman–Crippen LogP) is 3.46. The lowest BCUT2D eigenvalue weighted by molar-refractivity contribution is 0.0204. The summed E-state index contributed by atoms with van der Waals surface area (Å²) in [5.74, 6) is 1.15. The fourth-order valence-corrected chi connectivity index (χ4v) is 4.57. The van der Waals surface area contributed by atoms with Crippen molar-refractivity contribution in [3.63, 3.8) is 0 Å². The largest absolute Gasteiger partial charge is 0.494 e. The number of nitrogens with zero attached hydrogens (tertiary/aromatic N) is 3. The molecule has 2 aromatic rings. The van der Waals surface area contributed by atoms with Gasteiger partial charge in [0.05, 0.1) is 17.8 Å². The van der Waals surface area contributed by atoms with Gasteiger partial charge in [0, 0.05) is 56.1 Å². The Hall–Kier alpha value is -2.45. The third kappa shape index (κ3) is 6.54. The van der Waals surface area contributed by atoms with Gasteiger partial charge in [-0.15, -0.1) is 0 Å². The Morgan fingerprint density at radius 1 is 1.18 bits per heavy atom. The number of carbonyl (C=O) groups is 1. The van der Waals surface area contributed by atoms with Crippen LogP contribution in [0, 0.1) is 0 Å². The number of nitrogens with one attached hydrogen (secondary N) is 2. The minimum absolute atomic E-state index is 0.231. The number of ether oxygens (including phenoxy) is 2. The maximum absolute atomic E-state index is 12.4. The first-order chi connectivity index (χ1) is 15.9. The average Bonchev–Trinajstić information content (AvgIpc) is 2.81. The zero-order valence-electron chi connectivity index (χ0n) is 20.1. The molecule has 2 saturated heterocycles. The topological polar surface area (TPSA) is 88.6 Å². The number of likely N-dealkylation sites (tertiary alicyclic amines) is 1. The smallest absolute Gasteiger partial charge is 0.410 e. The van der Waals surface area contributed by atoms with Crippen molar-refractivity contribution in [1.29, 1.82) is 0 Å². The van der Waals surface area contributed by atoms with Crippen LogP contribution in [-0.4, -0.2) is 71.9 Å². The van der Waals surface area contributed by atoms with Gasteiger partial charge >= 0.3 is 6.09 Å². The number of benzene rings is 1.